The van der Waals surface area contributed by atoms with Crippen LogP contribution in [-0.2, 0) is 24.2 Å². The maximum absolute atomic E-state index is 13.0. The van der Waals surface area contributed by atoms with Crippen molar-refractivity contribution in [3.8, 4) is 0 Å². The molecule has 1 amide bonds. The molecule has 16 heteroatoms. The van der Waals surface area contributed by atoms with Crippen LogP contribution >= 0.6 is 0 Å². The molecule has 2 aromatic heterocycles. The third kappa shape index (κ3) is 8.77. The van der Waals surface area contributed by atoms with E-state index in [2.05, 4.69) is 16.0 Å². The van der Waals surface area contributed by atoms with Crippen LogP contribution in [0.15, 0.2) is 97.5 Å². The number of non-ortho nitro benzene ring substituents is 1. The van der Waals surface area contributed by atoms with Crippen molar-refractivity contribution in [2.75, 3.05) is 22.2 Å². The van der Waals surface area contributed by atoms with E-state index in [0.717, 1.165) is 16.9 Å². The molecule has 2 heterocycles. The quantitative estimate of drug-likeness (QED) is 0.0801. The lowest BCUT2D eigenvalue weighted by Gasteiger charge is -2.11. The molecule has 0 aliphatic rings. The minimum absolute atomic E-state index is 0.0807. The Morgan fingerprint density at radius 2 is 1.35 bits per heavy atom. The number of carbonyl (C=O) groups is 1. The highest BCUT2D eigenvalue weighted by atomic mass is 32.2. The summed E-state index contributed by atoms with van der Waals surface area (Å²) < 4.78 is 29.6. The van der Waals surface area contributed by atoms with Crippen molar-refractivity contribution in [3.05, 3.63) is 123 Å². The summed E-state index contributed by atoms with van der Waals surface area (Å²) in [5.74, 6) is -0.632. The largest absolute Gasteiger partial charge is 0.355 e. The highest BCUT2D eigenvalue weighted by Crippen LogP contribution is 2.31. The zero-order valence-corrected chi connectivity index (χ0v) is 25.6. The van der Waals surface area contributed by atoms with E-state index in [1.807, 2.05) is 47.8 Å². The first-order chi connectivity index (χ1) is 21.7. The Labute approximate surface area is 262 Å². The SMILES string of the molecule is CS(=O)(=O)O.C[n+]1ccc(Nc2ccc(NC(=O)c3ccc(Nc4cc[n+](C)c5ccc([N+](=O)[O-])cc45)cc3[N+](=O)[O-])cc2)cc1. The second-order valence-corrected chi connectivity index (χ2v) is 11.5. The van der Waals surface area contributed by atoms with Crippen LogP contribution < -0.4 is 25.1 Å². The van der Waals surface area contributed by atoms with Crippen molar-refractivity contribution in [2.45, 2.75) is 0 Å². The van der Waals surface area contributed by atoms with Gasteiger partial charge in [0.05, 0.1) is 32.9 Å². The van der Waals surface area contributed by atoms with Gasteiger partial charge in [0.15, 0.2) is 18.6 Å². The summed E-state index contributed by atoms with van der Waals surface area (Å²) in [5.41, 5.74) is 3.20. The van der Waals surface area contributed by atoms with Gasteiger partial charge in [-0.2, -0.15) is 8.42 Å². The Kier molecular flexibility index (Phi) is 9.83. The number of nitro benzene ring substituents is 2. The Bertz CT molecular complexity index is 2050. The molecule has 5 rings (SSSR count). The molecule has 0 saturated heterocycles. The molecule has 0 unspecified atom stereocenters. The predicted molar refractivity (Wildman–Crippen MR) is 171 cm³/mol. The second kappa shape index (κ2) is 13.7. The van der Waals surface area contributed by atoms with Gasteiger partial charge in [0.25, 0.3) is 27.4 Å². The van der Waals surface area contributed by atoms with Crippen LogP contribution in [0.4, 0.5) is 39.8 Å². The van der Waals surface area contributed by atoms with E-state index in [0.29, 0.717) is 28.7 Å². The van der Waals surface area contributed by atoms with Crippen LogP contribution in [0, 0.1) is 20.2 Å². The minimum atomic E-state index is -3.67. The Morgan fingerprint density at radius 1 is 0.761 bits per heavy atom. The van der Waals surface area contributed by atoms with E-state index < -0.39 is 25.9 Å². The predicted octanol–water partition coefficient (Wildman–Crippen LogP) is 4.55. The smallest absolute Gasteiger partial charge is 0.284 e. The summed E-state index contributed by atoms with van der Waals surface area (Å²) in [4.78, 5) is 35.1. The summed E-state index contributed by atoms with van der Waals surface area (Å²) in [6, 6.07) is 21.2. The van der Waals surface area contributed by atoms with E-state index >= 15 is 0 Å². The number of nitrogens with one attached hydrogen (secondary N) is 3. The van der Waals surface area contributed by atoms with Crippen molar-refractivity contribution < 1.29 is 36.7 Å². The maximum atomic E-state index is 13.0. The number of carbonyl (C=O) groups excluding carboxylic acids is 1. The fourth-order valence-electron chi connectivity index (χ4n) is 4.32. The van der Waals surface area contributed by atoms with Gasteiger partial charge >= 0.3 is 0 Å². The normalized spacial score (nSPS) is 10.8. The minimum Gasteiger partial charge on any atom is -0.355 e. The summed E-state index contributed by atoms with van der Waals surface area (Å²) >= 11 is 0. The van der Waals surface area contributed by atoms with Gasteiger partial charge in [0, 0.05) is 59.5 Å². The van der Waals surface area contributed by atoms with Gasteiger partial charge < -0.3 is 16.0 Å². The standard InChI is InChI=1S/C29H23N7O5.CH4O3S/c1-33-14-11-21(12-15-33)30-19-3-5-20(6-4-19)32-29(37)24-9-7-22(17-28(24)36(40)41)31-26-13-16-34(2)27-10-8-23(35(38)39)18-25(26)27;1-5(2,3)4/h3-18H,1-2H3,(H,32,37);1H3,(H,2,3,4)/p+2. The highest BCUT2D eigenvalue weighted by Gasteiger charge is 2.22. The van der Waals surface area contributed by atoms with Gasteiger partial charge in [-0.1, -0.05) is 0 Å². The molecule has 0 aliphatic heterocycles. The van der Waals surface area contributed by atoms with E-state index in [-0.39, 0.29) is 16.9 Å². The number of aromatic nitrogens is 2. The molecule has 0 aliphatic carbocycles. The number of hydrogen-bond donors (Lipinski definition) is 4. The molecular weight excluding hydrogens is 618 g/mol. The number of anilines is 5. The molecule has 0 saturated carbocycles. The van der Waals surface area contributed by atoms with Gasteiger partial charge in [-0.05, 0) is 36.4 Å². The highest BCUT2D eigenvalue weighted by molar-refractivity contribution is 7.85. The van der Waals surface area contributed by atoms with Crippen LogP contribution in [0.5, 0.6) is 0 Å². The molecule has 0 fully saturated rings. The third-order valence-electron chi connectivity index (χ3n) is 6.45. The van der Waals surface area contributed by atoms with Gasteiger partial charge in [0.2, 0.25) is 5.52 Å². The molecule has 0 atom stereocenters. The fraction of sp³-hybridized carbons (Fsp3) is 0.100. The van der Waals surface area contributed by atoms with E-state index in [1.54, 1.807) is 48.7 Å². The van der Waals surface area contributed by atoms with Crippen LogP contribution in [0.25, 0.3) is 10.9 Å². The summed E-state index contributed by atoms with van der Waals surface area (Å²) in [6.07, 6.45) is 6.32. The molecule has 236 valence electrons. The summed E-state index contributed by atoms with van der Waals surface area (Å²) in [7, 11) is 0.0694. The number of aryl methyl sites for hydroxylation is 2. The topological polar surface area (TPSA) is 202 Å². The number of nitrogens with zero attached hydrogens (tertiary/aromatic N) is 4. The van der Waals surface area contributed by atoms with Crippen molar-refractivity contribution in [1.29, 1.82) is 0 Å². The van der Waals surface area contributed by atoms with Crippen LogP contribution in [0.2, 0.25) is 0 Å². The monoisotopic (exact) mass is 647 g/mol. The number of amides is 1. The van der Waals surface area contributed by atoms with Gasteiger partial charge in [-0.3, -0.25) is 29.6 Å². The van der Waals surface area contributed by atoms with Gasteiger partial charge in [-0.15, -0.1) is 0 Å². The second-order valence-electron chi connectivity index (χ2n) is 10.1. The summed E-state index contributed by atoms with van der Waals surface area (Å²) in [5, 5.41) is 32.9. The number of fused-ring (bicyclic) bond motifs is 1. The first-order valence-corrected chi connectivity index (χ1v) is 15.2. The number of benzene rings is 3. The lowest BCUT2D eigenvalue weighted by molar-refractivity contribution is -0.671. The van der Waals surface area contributed by atoms with Crippen molar-refractivity contribution in [1.82, 2.24) is 0 Å². The zero-order valence-electron chi connectivity index (χ0n) is 24.7. The van der Waals surface area contributed by atoms with Gasteiger partial charge in [0.1, 0.15) is 19.7 Å². The number of hydrogen-bond acceptors (Lipinski definition) is 9. The summed E-state index contributed by atoms with van der Waals surface area (Å²) in [6.45, 7) is 0. The van der Waals surface area contributed by atoms with Crippen LogP contribution in [0.3, 0.4) is 0 Å². The maximum Gasteiger partial charge on any atom is 0.284 e. The van der Waals surface area contributed by atoms with E-state index in [1.165, 1.54) is 24.3 Å². The molecule has 15 nitrogen and oxygen atoms in total. The molecule has 3 aromatic carbocycles. The van der Waals surface area contributed by atoms with Crippen LogP contribution in [-0.4, -0.2) is 35.0 Å². The first kappa shape index (κ1) is 32.9. The first-order valence-electron chi connectivity index (χ1n) is 13.4. The van der Waals surface area contributed by atoms with E-state index in [4.69, 9.17) is 4.55 Å². The van der Waals surface area contributed by atoms with Crippen molar-refractivity contribution in [3.63, 3.8) is 0 Å². The molecule has 4 N–H and O–H groups in total. The molecule has 0 radical (unpaired) electrons. The van der Waals surface area contributed by atoms with Crippen LogP contribution in [0.1, 0.15) is 10.4 Å². The Hall–Kier alpha value is -6.00. The molecule has 0 bridgehead atoms. The lowest BCUT2D eigenvalue weighted by atomic mass is 10.1. The van der Waals surface area contributed by atoms with Gasteiger partial charge in [-0.25, -0.2) is 9.13 Å². The lowest BCUT2D eigenvalue weighted by Crippen LogP contribution is -2.28. The van der Waals surface area contributed by atoms with Crippen molar-refractivity contribution >= 4 is 66.7 Å². The molecular formula is C30H29N7O8S+2. The Morgan fingerprint density at radius 3 is 1.96 bits per heavy atom. The van der Waals surface area contributed by atoms with E-state index in [9.17, 15) is 33.4 Å². The molecule has 5 aromatic rings. The fourth-order valence-corrected chi connectivity index (χ4v) is 4.32. The Balaban J connectivity index is 0.000000892. The van der Waals surface area contributed by atoms with Crippen molar-refractivity contribution in [2.24, 2.45) is 14.1 Å². The number of pyridine rings is 2. The average Bonchev–Trinajstić information content (AvgIpc) is 2.99. The average molecular weight is 648 g/mol. The number of rotatable bonds is 8. The molecule has 0 spiro atoms. The zero-order chi connectivity index (χ0) is 33.6. The molecule has 46 heavy (non-hydrogen) atoms. The third-order valence-corrected chi connectivity index (χ3v) is 6.45. The number of nitro groups is 2.